The minimum absolute atomic E-state index is 0.453. The molecule has 0 unspecified atom stereocenters. The number of carbonyl (C=O) groups excluding carboxylic acids is 1. The fraction of sp³-hybridized carbons (Fsp3) is 0. The van der Waals surface area contributed by atoms with E-state index in [-0.39, 0.29) is 0 Å². The van der Waals surface area contributed by atoms with E-state index in [9.17, 15) is 4.79 Å². The second-order valence-electron chi connectivity index (χ2n) is 4.19. The molecule has 0 bridgehead atoms. The number of hydrogen-bond donors (Lipinski definition) is 2. The molecule has 0 aliphatic rings. The van der Waals surface area contributed by atoms with Gasteiger partial charge in [-0.05, 0) is 30.3 Å². The molecule has 3 aromatic rings. The number of halogens is 1. The van der Waals surface area contributed by atoms with Crippen molar-refractivity contribution in [1.29, 1.82) is 0 Å². The lowest BCUT2D eigenvalue weighted by atomic mass is 10.2. The second kappa shape index (κ2) is 4.40. The third-order valence-electron chi connectivity index (χ3n) is 2.86. The molecule has 0 aliphatic heterocycles. The highest BCUT2D eigenvalue weighted by Gasteiger charge is 2.08. The molecule has 19 heavy (non-hydrogen) atoms. The Balaban J connectivity index is 2.14. The highest BCUT2D eigenvalue weighted by atomic mass is 35.5. The summed E-state index contributed by atoms with van der Waals surface area (Å²) in [6, 6.07) is 12.5. The number of rotatable bonds is 2. The highest BCUT2D eigenvalue weighted by Crippen LogP contribution is 2.23. The van der Waals surface area contributed by atoms with Crippen molar-refractivity contribution >= 4 is 28.5 Å². The molecule has 0 saturated heterocycles. The molecule has 1 aromatic heterocycles. The Morgan fingerprint density at radius 3 is 2.79 bits per heavy atom. The summed E-state index contributed by atoms with van der Waals surface area (Å²) in [5.41, 5.74) is 8.14. The Hall–Kier alpha value is -2.33. The third kappa shape index (κ3) is 2.18. The molecule has 1 amide bonds. The first kappa shape index (κ1) is 11.7. The average molecular weight is 272 g/mol. The molecule has 5 heteroatoms. The van der Waals surface area contributed by atoms with Crippen LogP contribution in [0.25, 0.3) is 22.4 Å². The van der Waals surface area contributed by atoms with Crippen LogP contribution in [0.1, 0.15) is 10.4 Å². The zero-order valence-electron chi connectivity index (χ0n) is 9.85. The van der Waals surface area contributed by atoms with E-state index >= 15 is 0 Å². The van der Waals surface area contributed by atoms with Crippen LogP contribution in [0.4, 0.5) is 0 Å². The van der Waals surface area contributed by atoms with Gasteiger partial charge in [0.2, 0.25) is 5.91 Å². The first-order valence-corrected chi connectivity index (χ1v) is 6.07. The molecular weight excluding hydrogens is 262 g/mol. The van der Waals surface area contributed by atoms with Crippen LogP contribution in [0.15, 0.2) is 42.5 Å². The van der Waals surface area contributed by atoms with Gasteiger partial charge in [0, 0.05) is 16.1 Å². The number of H-pyrrole nitrogens is 1. The number of nitrogens with two attached hydrogens (primary N) is 1. The third-order valence-corrected chi connectivity index (χ3v) is 3.10. The van der Waals surface area contributed by atoms with Crippen LogP contribution in [0.5, 0.6) is 0 Å². The Labute approximate surface area is 114 Å². The maximum atomic E-state index is 11.1. The SMILES string of the molecule is NC(=O)c1ccc2nc(-c3cccc(Cl)c3)[nH]c2c1. The summed E-state index contributed by atoms with van der Waals surface area (Å²) in [5, 5.41) is 0.649. The molecule has 2 aromatic carbocycles. The number of benzene rings is 2. The molecule has 3 N–H and O–H groups in total. The number of imidazole rings is 1. The van der Waals surface area contributed by atoms with E-state index in [4.69, 9.17) is 17.3 Å². The molecule has 0 spiro atoms. The van der Waals surface area contributed by atoms with E-state index in [0.717, 1.165) is 16.6 Å². The minimum Gasteiger partial charge on any atom is -0.366 e. The van der Waals surface area contributed by atoms with Crippen molar-refractivity contribution in [1.82, 2.24) is 9.97 Å². The number of nitrogens with one attached hydrogen (secondary N) is 1. The molecule has 1 heterocycles. The summed E-state index contributed by atoms with van der Waals surface area (Å²) in [5.74, 6) is 0.250. The molecular formula is C14H10ClN3O. The summed E-state index contributed by atoms with van der Waals surface area (Å²) >= 11 is 5.96. The zero-order chi connectivity index (χ0) is 13.4. The van der Waals surface area contributed by atoms with Gasteiger partial charge in [0.05, 0.1) is 11.0 Å². The van der Waals surface area contributed by atoms with Gasteiger partial charge in [0.25, 0.3) is 0 Å². The van der Waals surface area contributed by atoms with Crippen LogP contribution in [0, 0.1) is 0 Å². The molecule has 94 valence electrons. The van der Waals surface area contributed by atoms with E-state index in [0.29, 0.717) is 16.4 Å². The van der Waals surface area contributed by atoms with E-state index in [1.807, 2.05) is 18.2 Å². The average Bonchev–Trinajstić information content (AvgIpc) is 2.81. The molecule has 4 nitrogen and oxygen atoms in total. The lowest BCUT2D eigenvalue weighted by Crippen LogP contribution is -2.10. The Morgan fingerprint density at radius 2 is 2.05 bits per heavy atom. The van der Waals surface area contributed by atoms with Crippen LogP contribution < -0.4 is 5.73 Å². The van der Waals surface area contributed by atoms with E-state index in [1.54, 1.807) is 24.3 Å². The number of fused-ring (bicyclic) bond motifs is 1. The van der Waals surface area contributed by atoms with E-state index in [1.165, 1.54) is 0 Å². The molecule has 0 radical (unpaired) electrons. The monoisotopic (exact) mass is 271 g/mol. The highest BCUT2D eigenvalue weighted by molar-refractivity contribution is 6.30. The molecule has 0 atom stereocenters. The van der Waals surface area contributed by atoms with Crippen LogP contribution in [0.3, 0.4) is 0 Å². The molecule has 0 saturated carbocycles. The maximum absolute atomic E-state index is 11.1. The Kier molecular flexibility index (Phi) is 2.72. The van der Waals surface area contributed by atoms with Crippen molar-refractivity contribution in [2.45, 2.75) is 0 Å². The van der Waals surface area contributed by atoms with Crippen LogP contribution in [-0.4, -0.2) is 15.9 Å². The summed E-state index contributed by atoms with van der Waals surface area (Å²) in [6.07, 6.45) is 0. The molecule has 0 fully saturated rings. The predicted octanol–water partition coefficient (Wildman–Crippen LogP) is 2.98. The largest absolute Gasteiger partial charge is 0.366 e. The van der Waals surface area contributed by atoms with Gasteiger partial charge in [-0.15, -0.1) is 0 Å². The molecule has 0 aliphatic carbocycles. The van der Waals surface area contributed by atoms with Gasteiger partial charge >= 0.3 is 0 Å². The predicted molar refractivity (Wildman–Crippen MR) is 75.1 cm³/mol. The zero-order valence-corrected chi connectivity index (χ0v) is 10.6. The maximum Gasteiger partial charge on any atom is 0.248 e. The van der Waals surface area contributed by atoms with Crippen molar-refractivity contribution in [2.24, 2.45) is 5.73 Å². The second-order valence-corrected chi connectivity index (χ2v) is 4.63. The molecule has 3 rings (SSSR count). The standard InChI is InChI=1S/C14H10ClN3O/c15-10-3-1-2-9(6-10)14-17-11-5-4-8(13(16)19)7-12(11)18-14/h1-7H,(H2,16,19)(H,17,18). The van der Waals surface area contributed by atoms with Gasteiger partial charge < -0.3 is 10.7 Å². The number of primary amides is 1. The van der Waals surface area contributed by atoms with Gasteiger partial charge in [0.15, 0.2) is 0 Å². The van der Waals surface area contributed by atoms with Gasteiger partial charge in [-0.2, -0.15) is 0 Å². The fourth-order valence-electron chi connectivity index (χ4n) is 1.94. The number of nitrogens with zero attached hydrogens (tertiary/aromatic N) is 1. The van der Waals surface area contributed by atoms with Gasteiger partial charge in [0.1, 0.15) is 5.82 Å². The normalized spacial score (nSPS) is 10.8. The smallest absolute Gasteiger partial charge is 0.248 e. The van der Waals surface area contributed by atoms with Crippen LogP contribution in [0.2, 0.25) is 5.02 Å². The Morgan fingerprint density at radius 1 is 1.21 bits per heavy atom. The van der Waals surface area contributed by atoms with Crippen molar-refractivity contribution in [2.75, 3.05) is 0 Å². The first-order chi connectivity index (χ1) is 9.13. The van der Waals surface area contributed by atoms with E-state index < -0.39 is 5.91 Å². The topological polar surface area (TPSA) is 71.8 Å². The minimum atomic E-state index is -0.458. The summed E-state index contributed by atoms with van der Waals surface area (Å²) in [4.78, 5) is 18.8. The number of hydrogen-bond acceptors (Lipinski definition) is 2. The lowest BCUT2D eigenvalue weighted by Gasteiger charge is -1.96. The summed E-state index contributed by atoms with van der Waals surface area (Å²) in [7, 11) is 0. The van der Waals surface area contributed by atoms with Crippen LogP contribution >= 0.6 is 11.6 Å². The van der Waals surface area contributed by atoms with E-state index in [2.05, 4.69) is 9.97 Å². The van der Waals surface area contributed by atoms with Gasteiger partial charge in [-0.3, -0.25) is 4.79 Å². The lowest BCUT2D eigenvalue weighted by molar-refractivity contribution is 0.100. The number of aromatic nitrogens is 2. The van der Waals surface area contributed by atoms with Crippen molar-refractivity contribution in [3.8, 4) is 11.4 Å². The Bertz CT molecular complexity index is 779. The van der Waals surface area contributed by atoms with Gasteiger partial charge in [-0.25, -0.2) is 4.98 Å². The first-order valence-electron chi connectivity index (χ1n) is 5.69. The quantitative estimate of drug-likeness (QED) is 0.752. The number of aromatic amines is 1. The van der Waals surface area contributed by atoms with Crippen molar-refractivity contribution < 1.29 is 4.79 Å². The number of amides is 1. The van der Waals surface area contributed by atoms with Gasteiger partial charge in [-0.1, -0.05) is 23.7 Å². The van der Waals surface area contributed by atoms with Crippen LogP contribution in [-0.2, 0) is 0 Å². The van der Waals surface area contributed by atoms with Crippen molar-refractivity contribution in [3.63, 3.8) is 0 Å². The summed E-state index contributed by atoms with van der Waals surface area (Å²) in [6.45, 7) is 0. The number of carbonyl (C=O) groups is 1. The summed E-state index contributed by atoms with van der Waals surface area (Å²) < 4.78 is 0. The van der Waals surface area contributed by atoms with Crippen molar-refractivity contribution in [3.05, 3.63) is 53.1 Å². The fourth-order valence-corrected chi connectivity index (χ4v) is 2.13.